The van der Waals surface area contributed by atoms with Gasteiger partial charge in [0.15, 0.2) is 23.7 Å². The minimum atomic E-state index is -4.98. The van der Waals surface area contributed by atoms with E-state index in [2.05, 4.69) is 19.5 Å². The van der Waals surface area contributed by atoms with Gasteiger partial charge in [-0.1, -0.05) is 0 Å². The van der Waals surface area contributed by atoms with Crippen LogP contribution in [-0.2, 0) is 14.6 Å². The van der Waals surface area contributed by atoms with Crippen molar-refractivity contribution in [3.63, 3.8) is 0 Å². The van der Waals surface area contributed by atoms with Gasteiger partial charge in [0.1, 0.15) is 12.1 Å². The number of rotatable bonds is 3. The molecule has 3 heterocycles. The molecule has 0 bridgehead atoms. The summed E-state index contributed by atoms with van der Waals surface area (Å²) in [5, 5.41) is 33.1. The van der Waals surface area contributed by atoms with Crippen LogP contribution < -0.4 is 16.8 Å². The lowest BCUT2D eigenvalue weighted by molar-refractivity contribution is -0.252. The highest BCUT2D eigenvalue weighted by atomic mass is 32.3. The van der Waals surface area contributed by atoms with Crippen molar-refractivity contribution in [2.45, 2.75) is 29.6 Å². The summed E-state index contributed by atoms with van der Waals surface area (Å²) in [5.41, 5.74) is 9.48. The summed E-state index contributed by atoms with van der Waals surface area (Å²) in [6.07, 6.45) is -1.81. The Bertz CT molecular complexity index is 693. The fraction of sp³-hybridized carbons (Fsp3) is 0.778. The van der Waals surface area contributed by atoms with Crippen LogP contribution in [0.4, 0.5) is 0 Å². The molecule has 0 radical (unpaired) electrons. The van der Waals surface area contributed by atoms with Crippen LogP contribution in [-0.4, -0.2) is 87.9 Å². The molecular formula is C9H16N6O7S. The third kappa shape index (κ3) is 2.07. The zero-order valence-electron chi connectivity index (χ0n) is 11.6. The number of aliphatic imine (C=N–C) groups is 2. The van der Waals surface area contributed by atoms with E-state index in [1.165, 1.54) is 0 Å². The molecule has 130 valence electrons. The number of nitrogens with one attached hydrogen (secondary N) is 1. The van der Waals surface area contributed by atoms with E-state index in [1.807, 2.05) is 0 Å². The molecule has 1 fully saturated rings. The van der Waals surface area contributed by atoms with Crippen molar-refractivity contribution in [3.05, 3.63) is 0 Å². The molecule has 1 saturated heterocycles. The Hall–Kier alpha value is -1.71. The summed E-state index contributed by atoms with van der Waals surface area (Å²) in [4.78, 5) is 9.11. The van der Waals surface area contributed by atoms with Crippen LogP contribution in [0.1, 0.15) is 0 Å². The van der Waals surface area contributed by atoms with E-state index < -0.39 is 53.2 Å². The van der Waals surface area contributed by atoms with Crippen molar-refractivity contribution in [3.8, 4) is 0 Å². The maximum atomic E-state index is 11.0. The Morgan fingerprint density at radius 1 is 1.39 bits per heavy atom. The van der Waals surface area contributed by atoms with E-state index in [1.54, 1.807) is 0 Å². The van der Waals surface area contributed by atoms with Crippen LogP contribution in [0.25, 0.3) is 0 Å². The number of aliphatic hydroxyl groups excluding tert-OH is 1. The number of nitrogens with two attached hydrogens (primary N) is 2. The lowest BCUT2D eigenvalue weighted by atomic mass is 9.86. The number of hydrogen-bond donors (Lipinski definition) is 7. The van der Waals surface area contributed by atoms with Gasteiger partial charge in [0.2, 0.25) is 5.79 Å². The van der Waals surface area contributed by atoms with E-state index in [0.717, 1.165) is 4.90 Å². The second-order valence-electron chi connectivity index (χ2n) is 5.44. The molecule has 9 N–H and O–H groups in total. The van der Waals surface area contributed by atoms with Gasteiger partial charge in [-0.3, -0.25) is 4.55 Å². The molecule has 0 aliphatic carbocycles. The van der Waals surface area contributed by atoms with Crippen LogP contribution in [0, 0.1) is 0 Å². The molecule has 0 aromatic rings. The van der Waals surface area contributed by atoms with Gasteiger partial charge in [0.25, 0.3) is 0 Å². The molecule has 1 unspecified atom stereocenters. The van der Waals surface area contributed by atoms with E-state index >= 15 is 0 Å². The summed E-state index contributed by atoms with van der Waals surface area (Å²) in [6, 6.07) is -2.02. The van der Waals surface area contributed by atoms with Crippen molar-refractivity contribution in [1.82, 2.24) is 10.2 Å². The average Bonchev–Trinajstić information content (AvgIpc) is 2.86. The highest BCUT2D eigenvalue weighted by Crippen LogP contribution is 2.45. The van der Waals surface area contributed by atoms with Gasteiger partial charge < -0.3 is 37.0 Å². The number of hydrogen-bond acceptors (Lipinski definition) is 12. The van der Waals surface area contributed by atoms with Crippen molar-refractivity contribution in [1.29, 1.82) is 0 Å². The van der Waals surface area contributed by atoms with Gasteiger partial charge in [-0.25, -0.2) is 14.2 Å². The largest absolute Gasteiger partial charge is 0.397 e. The van der Waals surface area contributed by atoms with E-state index in [0.29, 0.717) is 0 Å². The van der Waals surface area contributed by atoms with E-state index in [9.17, 15) is 23.7 Å². The predicted molar refractivity (Wildman–Crippen MR) is 74.1 cm³/mol. The van der Waals surface area contributed by atoms with Crippen LogP contribution >= 0.6 is 0 Å². The molecule has 14 heteroatoms. The van der Waals surface area contributed by atoms with Crippen molar-refractivity contribution >= 4 is 22.3 Å². The highest BCUT2D eigenvalue weighted by Gasteiger charge is 2.74. The normalized spacial score (nSPS) is 38.4. The van der Waals surface area contributed by atoms with Crippen molar-refractivity contribution in [2.75, 3.05) is 13.2 Å². The van der Waals surface area contributed by atoms with Crippen molar-refractivity contribution < 1.29 is 32.5 Å². The lowest BCUT2D eigenvalue weighted by Gasteiger charge is -2.48. The van der Waals surface area contributed by atoms with Crippen molar-refractivity contribution in [2.24, 2.45) is 21.5 Å². The Kier molecular flexibility index (Phi) is 3.27. The smallest absolute Gasteiger partial charge is 0.394 e. The fourth-order valence-corrected chi connectivity index (χ4v) is 3.79. The maximum Gasteiger partial charge on any atom is 0.397 e. The van der Waals surface area contributed by atoms with Gasteiger partial charge in [-0.2, -0.15) is 8.42 Å². The van der Waals surface area contributed by atoms with E-state index in [4.69, 9.17) is 16.0 Å². The van der Waals surface area contributed by atoms with Crippen LogP contribution in [0.3, 0.4) is 0 Å². The number of aliphatic hydroxyl groups is 3. The van der Waals surface area contributed by atoms with Gasteiger partial charge in [-0.15, -0.1) is 0 Å². The van der Waals surface area contributed by atoms with Gasteiger partial charge in [0, 0.05) is 0 Å². The minimum Gasteiger partial charge on any atom is -0.394 e. The summed E-state index contributed by atoms with van der Waals surface area (Å²) < 4.78 is 35.1. The van der Waals surface area contributed by atoms with Crippen LogP contribution in [0.15, 0.2) is 9.98 Å². The molecular weight excluding hydrogens is 336 g/mol. The molecule has 1 spiro atoms. The number of nitrogens with zero attached hydrogens (tertiary/aromatic N) is 3. The molecule has 0 aromatic heterocycles. The molecule has 3 aliphatic rings. The second-order valence-corrected chi connectivity index (χ2v) is 6.49. The first-order valence-electron chi connectivity index (χ1n) is 6.46. The van der Waals surface area contributed by atoms with Gasteiger partial charge >= 0.3 is 10.4 Å². The molecule has 0 saturated carbocycles. The van der Waals surface area contributed by atoms with Gasteiger partial charge in [0.05, 0.1) is 13.2 Å². The highest BCUT2D eigenvalue weighted by molar-refractivity contribution is 7.80. The first-order chi connectivity index (χ1) is 10.5. The predicted octanol–water partition coefficient (Wildman–Crippen LogP) is -5.16. The molecule has 0 aromatic carbocycles. The quantitative estimate of drug-likeness (QED) is 0.188. The Labute approximate surface area is 130 Å². The minimum absolute atomic E-state index is 0.177. The zero-order valence-corrected chi connectivity index (χ0v) is 12.4. The molecule has 0 amide bonds. The Balaban J connectivity index is 2.11. The maximum absolute atomic E-state index is 11.0. The third-order valence-electron chi connectivity index (χ3n) is 4.17. The Morgan fingerprint density at radius 2 is 2.04 bits per heavy atom. The van der Waals surface area contributed by atoms with Crippen LogP contribution in [0.5, 0.6) is 0 Å². The SMILES string of the molecule is NC1=N[C@H]2[C@@H](CO)N=C(N)N3C[C@H](OS(=O)(=O)O)C(O)(O)C23N1. The average molecular weight is 352 g/mol. The van der Waals surface area contributed by atoms with Crippen LogP contribution in [0.2, 0.25) is 0 Å². The second kappa shape index (κ2) is 4.65. The zero-order chi connectivity index (χ0) is 17.2. The summed E-state index contributed by atoms with van der Waals surface area (Å²) in [7, 11) is -4.98. The molecule has 13 nitrogen and oxygen atoms in total. The molecule has 23 heavy (non-hydrogen) atoms. The third-order valence-corrected chi connectivity index (χ3v) is 4.65. The monoisotopic (exact) mass is 352 g/mol. The summed E-state index contributed by atoms with van der Waals surface area (Å²) >= 11 is 0. The standard InChI is InChI=1S/C9H16N6O7S/c10-6-13-5-3(2-16)12-7(11)15-1-4(22-23(19,20)21)9(17,18)8(5,15)14-6/h3-5,16-18H,1-2H2,(H2,11,12)(H3,10,13,14)(H,19,20,21)/t3-,4+,5+,8?/m1/s1. The molecule has 4 atom stereocenters. The first-order valence-corrected chi connectivity index (χ1v) is 7.83. The first kappa shape index (κ1) is 16.2. The van der Waals surface area contributed by atoms with E-state index in [-0.39, 0.29) is 11.9 Å². The molecule has 3 rings (SSSR count). The summed E-state index contributed by atoms with van der Waals surface area (Å²) in [6.45, 7) is -0.952. The lowest BCUT2D eigenvalue weighted by Crippen LogP contribution is -2.77. The topological polar surface area (TPSA) is 216 Å². The fourth-order valence-electron chi connectivity index (χ4n) is 3.30. The number of guanidine groups is 2. The Morgan fingerprint density at radius 3 is 2.61 bits per heavy atom. The van der Waals surface area contributed by atoms with Gasteiger partial charge in [-0.05, 0) is 0 Å². The molecule has 3 aliphatic heterocycles. The summed E-state index contributed by atoms with van der Waals surface area (Å²) in [5.74, 6) is -3.26.